The first-order valence-corrected chi connectivity index (χ1v) is 8.45. The second kappa shape index (κ2) is 6.77. The highest BCUT2D eigenvalue weighted by atomic mass is 32.1. The highest BCUT2D eigenvalue weighted by Gasteiger charge is 2.35. The zero-order chi connectivity index (χ0) is 14.7. The van der Waals surface area contributed by atoms with Crippen molar-refractivity contribution in [2.45, 2.75) is 38.5 Å². The second-order valence-electron chi connectivity index (χ2n) is 5.63. The van der Waals surface area contributed by atoms with Crippen LogP contribution in [0, 0.1) is 6.92 Å². The van der Waals surface area contributed by atoms with Gasteiger partial charge in [0.1, 0.15) is 0 Å². The third-order valence-electron chi connectivity index (χ3n) is 4.21. The van der Waals surface area contributed by atoms with Crippen LogP contribution in [0.1, 0.15) is 24.0 Å². The predicted octanol–water partition coefficient (Wildman–Crippen LogP) is 2.15. The summed E-state index contributed by atoms with van der Waals surface area (Å²) in [5.74, 6) is 0. The van der Waals surface area contributed by atoms with Crippen molar-refractivity contribution in [2.24, 2.45) is 0 Å². The Kier molecular flexibility index (Phi) is 4.77. The van der Waals surface area contributed by atoms with E-state index in [0.717, 1.165) is 19.4 Å². The number of hydrogen-bond acceptors (Lipinski definition) is 4. The van der Waals surface area contributed by atoms with Crippen molar-refractivity contribution in [3.63, 3.8) is 0 Å². The molecule has 2 aliphatic heterocycles. The van der Waals surface area contributed by atoms with Crippen LogP contribution in [0.4, 0.5) is 4.79 Å². The maximum atomic E-state index is 12.5. The number of carbonyl (C=O) groups is 1. The third-order valence-corrected chi connectivity index (χ3v) is 5.12. The topological polar surface area (TPSA) is 50.8 Å². The molecule has 2 saturated heterocycles. The summed E-state index contributed by atoms with van der Waals surface area (Å²) in [4.78, 5) is 14.4. The summed E-state index contributed by atoms with van der Waals surface area (Å²) < 4.78 is 11.3. The molecule has 2 amide bonds. The van der Waals surface area contributed by atoms with Gasteiger partial charge in [-0.05, 0) is 41.7 Å². The lowest BCUT2D eigenvalue weighted by atomic mass is 10.1. The predicted molar refractivity (Wildman–Crippen MR) is 81.6 cm³/mol. The van der Waals surface area contributed by atoms with Gasteiger partial charge in [-0.1, -0.05) is 0 Å². The minimum atomic E-state index is -0.00981. The van der Waals surface area contributed by atoms with Crippen molar-refractivity contribution in [1.29, 1.82) is 0 Å². The van der Waals surface area contributed by atoms with Crippen LogP contribution in [0.25, 0.3) is 0 Å². The van der Waals surface area contributed by atoms with Crippen LogP contribution in [0.15, 0.2) is 10.8 Å². The number of rotatable bonds is 3. The first-order chi connectivity index (χ1) is 10.3. The van der Waals surface area contributed by atoms with Gasteiger partial charge in [-0.25, -0.2) is 4.79 Å². The number of nitrogens with one attached hydrogen (secondary N) is 1. The van der Waals surface area contributed by atoms with Crippen molar-refractivity contribution in [2.75, 3.05) is 26.4 Å². The minimum Gasteiger partial charge on any atom is -0.377 e. The Labute approximate surface area is 129 Å². The van der Waals surface area contributed by atoms with Gasteiger partial charge in [-0.3, -0.25) is 0 Å². The average molecular weight is 310 g/mol. The Hall–Kier alpha value is -1.11. The number of ether oxygens (including phenoxy) is 2. The lowest BCUT2D eigenvalue weighted by Crippen LogP contribution is -2.56. The molecule has 0 unspecified atom stereocenters. The molecule has 2 fully saturated rings. The summed E-state index contributed by atoms with van der Waals surface area (Å²) >= 11 is 1.67. The van der Waals surface area contributed by atoms with E-state index < -0.39 is 0 Å². The number of carbonyl (C=O) groups excluding carboxylic acids is 1. The molecule has 1 aromatic rings. The van der Waals surface area contributed by atoms with Gasteiger partial charge in [0.05, 0.1) is 25.4 Å². The van der Waals surface area contributed by atoms with E-state index in [1.165, 1.54) is 11.1 Å². The van der Waals surface area contributed by atoms with E-state index in [1.54, 1.807) is 11.3 Å². The Morgan fingerprint density at radius 3 is 3.10 bits per heavy atom. The summed E-state index contributed by atoms with van der Waals surface area (Å²) in [6.07, 6.45) is 2.21. The van der Waals surface area contributed by atoms with Crippen LogP contribution in [0.5, 0.6) is 0 Å². The molecule has 0 aliphatic carbocycles. The standard InChI is InChI=1S/C15H22N2O3S/c1-11-9-21-10-12(11)7-16-15(18)17-4-6-19-8-13(17)14-3-2-5-20-14/h9-10,13-14H,2-8H2,1H3,(H,16,18)/t13-,14+/m1/s1. The summed E-state index contributed by atoms with van der Waals surface area (Å²) in [5.41, 5.74) is 2.42. The molecule has 0 bridgehead atoms. The van der Waals surface area contributed by atoms with E-state index in [2.05, 4.69) is 23.0 Å². The van der Waals surface area contributed by atoms with Crippen LogP contribution in [0.3, 0.4) is 0 Å². The van der Waals surface area contributed by atoms with E-state index in [0.29, 0.717) is 26.3 Å². The molecule has 5 nitrogen and oxygen atoms in total. The van der Waals surface area contributed by atoms with Crippen molar-refractivity contribution in [3.8, 4) is 0 Å². The second-order valence-corrected chi connectivity index (χ2v) is 6.37. The monoisotopic (exact) mass is 310 g/mol. The largest absolute Gasteiger partial charge is 0.377 e. The first kappa shape index (κ1) is 14.8. The number of nitrogens with zero attached hydrogens (tertiary/aromatic N) is 1. The van der Waals surface area contributed by atoms with Crippen molar-refractivity contribution in [3.05, 3.63) is 21.9 Å². The normalized spacial score (nSPS) is 26.0. The van der Waals surface area contributed by atoms with E-state index in [9.17, 15) is 4.79 Å². The molecule has 1 N–H and O–H groups in total. The average Bonchev–Trinajstić information content (AvgIpc) is 3.16. The molecular formula is C15H22N2O3S. The fourth-order valence-electron chi connectivity index (χ4n) is 2.93. The molecule has 2 atom stereocenters. The van der Waals surface area contributed by atoms with E-state index >= 15 is 0 Å². The van der Waals surface area contributed by atoms with E-state index in [1.807, 2.05) is 4.90 Å². The zero-order valence-electron chi connectivity index (χ0n) is 12.3. The Balaban J connectivity index is 1.59. The van der Waals surface area contributed by atoms with Crippen LogP contribution in [0.2, 0.25) is 0 Å². The maximum Gasteiger partial charge on any atom is 0.318 e. The van der Waals surface area contributed by atoms with E-state index in [-0.39, 0.29) is 18.2 Å². The van der Waals surface area contributed by atoms with Gasteiger partial charge in [0.25, 0.3) is 0 Å². The quantitative estimate of drug-likeness (QED) is 0.930. The highest BCUT2D eigenvalue weighted by Crippen LogP contribution is 2.22. The number of hydrogen-bond donors (Lipinski definition) is 1. The van der Waals surface area contributed by atoms with Crippen molar-refractivity contribution >= 4 is 17.4 Å². The van der Waals surface area contributed by atoms with Crippen molar-refractivity contribution < 1.29 is 14.3 Å². The Morgan fingerprint density at radius 1 is 1.48 bits per heavy atom. The first-order valence-electron chi connectivity index (χ1n) is 7.51. The fourth-order valence-corrected chi connectivity index (χ4v) is 3.79. The smallest absolute Gasteiger partial charge is 0.318 e. The van der Waals surface area contributed by atoms with Gasteiger partial charge >= 0.3 is 6.03 Å². The van der Waals surface area contributed by atoms with E-state index in [4.69, 9.17) is 9.47 Å². The number of morpholine rings is 1. The van der Waals surface area contributed by atoms with Gasteiger partial charge in [-0.2, -0.15) is 11.3 Å². The number of thiophene rings is 1. The molecular weight excluding hydrogens is 288 g/mol. The molecule has 3 rings (SSSR count). The lowest BCUT2D eigenvalue weighted by Gasteiger charge is -2.38. The Bertz CT molecular complexity index is 485. The number of aryl methyl sites for hydroxylation is 1. The van der Waals surface area contributed by atoms with Gasteiger partial charge < -0.3 is 19.7 Å². The third kappa shape index (κ3) is 3.39. The summed E-state index contributed by atoms with van der Waals surface area (Å²) in [7, 11) is 0. The molecule has 2 aliphatic rings. The number of urea groups is 1. The van der Waals surface area contributed by atoms with Gasteiger partial charge in [-0.15, -0.1) is 0 Å². The zero-order valence-corrected chi connectivity index (χ0v) is 13.2. The SMILES string of the molecule is Cc1cscc1CNC(=O)N1CCOC[C@@H]1[C@@H]1CCCO1. The molecule has 1 aromatic heterocycles. The van der Waals surface area contributed by atoms with Crippen LogP contribution in [-0.4, -0.2) is 49.4 Å². The summed E-state index contributed by atoms with van der Waals surface area (Å²) in [6, 6.07) is 0.0363. The van der Waals surface area contributed by atoms with Crippen LogP contribution >= 0.6 is 11.3 Å². The summed E-state index contributed by atoms with van der Waals surface area (Å²) in [6.45, 7) is 5.28. The van der Waals surface area contributed by atoms with Crippen molar-refractivity contribution in [1.82, 2.24) is 10.2 Å². The Morgan fingerprint density at radius 2 is 2.38 bits per heavy atom. The molecule has 0 spiro atoms. The van der Waals surface area contributed by atoms with Crippen LogP contribution in [-0.2, 0) is 16.0 Å². The summed E-state index contributed by atoms with van der Waals surface area (Å²) in [5, 5.41) is 7.22. The van der Waals surface area contributed by atoms with Gasteiger partial charge in [0.15, 0.2) is 0 Å². The lowest BCUT2D eigenvalue weighted by molar-refractivity contribution is -0.0473. The fraction of sp³-hybridized carbons (Fsp3) is 0.667. The maximum absolute atomic E-state index is 12.5. The van der Waals surface area contributed by atoms with Gasteiger partial charge in [0, 0.05) is 19.7 Å². The molecule has 6 heteroatoms. The molecule has 21 heavy (non-hydrogen) atoms. The highest BCUT2D eigenvalue weighted by molar-refractivity contribution is 7.08. The van der Waals surface area contributed by atoms with Gasteiger partial charge in [0.2, 0.25) is 0 Å². The molecule has 0 radical (unpaired) electrons. The molecule has 0 saturated carbocycles. The minimum absolute atomic E-state index is 0.00981. The number of amides is 2. The molecule has 116 valence electrons. The molecule has 3 heterocycles. The molecule has 0 aromatic carbocycles. The van der Waals surface area contributed by atoms with Crippen LogP contribution < -0.4 is 5.32 Å².